The highest BCUT2D eigenvalue weighted by Gasteiger charge is 2.23. The summed E-state index contributed by atoms with van der Waals surface area (Å²) in [5, 5.41) is 3.04. The van der Waals surface area contributed by atoms with Crippen LogP contribution < -0.4 is 10.2 Å². The maximum Gasteiger partial charge on any atom is 0.251 e. The quantitative estimate of drug-likeness (QED) is 0.556. The Bertz CT molecular complexity index is 1180. The van der Waals surface area contributed by atoms with Crippen LogP contribution in [0, 0.1) is 26.6 Å². The molecule has 6 heteroatoms. The van der Waals surface area contributed by atoms with Crippen molar-refractivity contribution in [3.63, 3.8) is 0 Å². The second-order valence-corrected chi connectivity index (χ2v) is 9.28. The van der Waals surface area contributed by atoms with E-state index in [0.717, 1.165) is 46.9 Å². The highest BCUT2D eigenvalue weighted by atomic mass is 19.1. The number of hydrogen-bond acceptors (Lipinski definition) is 4. The van der Waals surface area contributed by atoms with E-state index >= 15 is 0 Å². The third-order valence-electron chi connectivity index (χ3n) is 6.14. The number of morpholine rings is 1. The van der Waals surface area contributed by atoms with Crippen molar-refractivity contribution in [3.8, 4) is 11.1 Å². The molecule has 1 aliphatic heterocycles. The molecule has 34 heavy (non-hydrogen) atoms. The summed E-state index contributed by atoms with van der Waals surface area (Å²) >= 11 is 0. The number of nitrogens with one attached hydrogen (secondary N) is 1. The van der Waals surface area contributed by atoms with Crippen molar-refractivity contribution < 1.29 is 13.9 Å². The molecular weight excluding hydrogens is 429 g/mol. The third-order valence-corrected chi connectivity index (χ3v) is 6.14. The van der Waals surface area contributed by atoms with Crippen LogP contribution in [0.2, 0.25) is 0 Å². The number of nitrogens with zero attached hydrogens (tertiary/aromatic N) is 2. The number of carbonyl (C=O) groups excluding carboxylic acids is 1. The summed E-state index contributed by atoms with van der Waals surface area (Å²) in [5.74, 6) is -0.564. The molecule has 1 N–H and O–H groups in total. The maximum absolute atomic E-state index is 13.5. The standard InChI is InChI=1S/C28H32FN3O2/c1-17-10-24(29)6-8-26(17)28(33)30-14-23-13-25(32-15-20(4)34-21(5)16-32)7-9-27(23)22-11-18(2)31-19(3)12-22/h6-13,20-21H,14-16H2,1-5H3,(H,30,33)/t20-,21+. The number of pyridine rings is 1. The molecule has 178 valence electrons. The lowest BCUT2D eigenvalue weighted by atomic mass is 9.97. The average molecular weight is 462 g/mol. The molecule has 0 unspecified atom stereocenters. The maximum atomic E-state index is 13.5. The minimum Gasteiger partial charge on any atom is -0.372 e. The van der Waals surface area contributed by atoms with E-state index in [1.165, 1.54) is 18.2 Å². The highest BCUT2D eigenvalue weighted by molar-refractivity contribution is 5.95. The van der Waals surface area contributed by atoms with Gasteiger partial charge in [-0.05, 0) is 99.3 Å². The van der Waals surface area contributed by atoms with Crippen LogP contribution in [-0.2, 0) is 11.3 Å². The van der Waals surface area contributed by atoms with E-state index in [4.69, 9.17) is 4.74 Å². The minimum atomic E-state index is -0.346. The Morgan fingerprint density at radius 3 is 2.35 bits per heavy atom. The molecule has 2 aromatic carbocycles. The Morgan fingerprint density at radius 1 is 1.03 bits per heavy atom. The molecular formula is C28H32FN3O2. The van der Waals surface area contributed by atoms with E-state index in [1.807, 2.05) is 13.8 Å². The summed E-state index contributed by atoms with van der Waals surface area (Å²) in [6.07, 6.45) is 0.303. The van der Waals surface area contributed by atoms with Crippen molar-refractivity contribution >= 4 is 11.6 Å². The number of rotatable bonds is 5. The molecule has 0 radical (unpaired) electrons. The van der Waals surface area contributed by atoms with Crippen LogP contribution in [0.5, 0.6) is 0 Å². The number of benzene rings is 2. The number of aryl methyl sites for hydroxylation is 3. The molecule has 0 saturated carbocycles. The lowest BCUT2D eigenvalue weighted by Gasteiger charge is -2.37. The van der Waals surface area contributed by atoms with Gasteiger partial charge in [-0.25, -0.2) is 4.39 Å². The Kier molecular flexibility index (Phi) is 6.98. The zero-order chi connectivity index (χ0) is 24.4. The average Bonchev–Trinajstić information content (AvgIpc) is 2.76. The number of hydrogen-bond donors (Lipinski definition) is 1. The normalized spacial score (nSPS) is 18.1. The second kappa shape index (κ2) is 9.94. The molecule has 2 atom stereocenters. The second-order valence-electron chi connectivity index (χ2n) is 9.28. The molecule has 2 heterocycles. The van der Waals surface area contributed by atoms with E-state index in [1.54, 1.807) is 6.92 Å². The topological polar surface area (TPSA) is 54.5 Å². The molecule has 1 fully saturated rings. The van der Waals surface area contributed by atoms with Crippen molar-refractivity contribution in [3.05, 3.63) is 82.4 Å². The van der Waals surface area contributed by atoms with E-state index in [9.17, 15) is 9.18 Å². The molecule has 0 aliphatic carbocycles. The lowest BCUT2D eigenvalue weighted by Crippen LogP contribution is -2.45. The lowest BCUT2D eigenvalue weighted by molar-refractivity contribution is -0.00522. The summed E-state index contributed by atoms with van der Waals surface area (Å²) in [7, 11) is 0. The van der Waals surface area contributed by atoms with Gasteiger partial charge in [-0.3, -0.25) is 9.78 Å². The van der Waals surface area contributed by atoms with Gasteiger partial charge >= 0.3 is 0 Å². The van der Waals surface area contributed by atoms with Crippen molar-refractivity contribution in [2.75, 3.05) is 18.0 Å². The van der Waals surface area contributed by atoms with Gasteiger partial charge in [0.15, 0.2) is 0 Å². The summed E-state index contributed by atoms with van der Waals surface area (Å²) in [6.45, 7) is 11.9. The number of halogens is 1. The zero-order valence-corrected chi connectivity index (χ0v) is 20.5. The van der Waals surface area contributed by atoms with Crippen molar-refractivity contribution in [2.45, 2.75) is 53.4 Å². The molecule has 1 saturated heterocycles. The van der Waals surface area contributed by atoms with Gasteiger partial charge in [0, 0.05) is 42.3 Å². The van der Waals surface area contributed by atoms with Crippen LogP contribution in [0.4, 0.5) is 10.1 Å². The smallest absolute Gasteiger partial charge is 0.251 e. The third kappa shape index (κ3) is 5.45. The van der Waals surface area contributed by atoms with Gasteiger partial charge in [-0.1, -0.05) is 6.07 Å². The molecule has 5 nitrogen and oxygen atoms in total. The van der Waals surface area contributed by atoms with Crippen LogP contribution in [0.25, 0.3) is 11.1 Å². The first kappa shape index (κ1) is 23.9. The molecule has 1 aliphatic rings. The molecule has 3 aromatic rings. The van der Waals surface area contributed by atoms with Gasteiger partial charge in [-0.15, -0.1) is 0 Å². The SMILES string of the molecule is Cc1cc(-c2ccc(N3C[C@@H](C)O[C@@H](C)C3)cc2CNC(=O)c2ccc(F)cc2C)cc(C)n1. The number of aromatic nitrogens is 1. The van der Waals surface area contributed by atoms with E-state index in [2.05, 4.69) is 59.4 Å². The predicted molar refractivity (Wildman–Crippen MR) is 134 cm³/mol. The summed E-state index contributed by atoms with van der Waals surface area (Å²) < 4.78 is 19.4. The number of anilines is 1. The van der Waals surface area contributed by atoms with Gasteiger partial charge in [-0.2, -0.15) is 0 Å². The molecule has 0 bridgehead atoms. The largest absolute Gasteiger partial charge is 0.372 e. The van der Waals surface area contributed by atoms with Gasteiger partial charge in [0.1, 0.15) is 5.82 Å². The van der Waals surface area contributed by atoms with E-state index < -0.39 is 0 Å². The van der Waals surface area contributed by atoms with Crippen LogP contribution >= 0.6 is 0 Å². The fourth-order valence-electron chi connectivity index (χ4n) is 4.74. The molecule has 4 rings (SSSR count). The van der Waals surface area contributed by atoms with E-state index in [0.29, 0.717) is 17.7 Å². The number of ether oxygens (including phenoxy) is 1. The molecule has 1 aromatic heterocycles. The fraction of sp³-hybridized carbons (Fsp3) is 0.357. The first-order valence-corrected chi connectivity index (χ1v) is 11.7. The van der Waals surface area contributed by atoms with Crippen LogP contribution in [0.1, 0.15) is 46.7 Å². The number of carbonyl (C=O) groups is 1. The van der Waals surface area contributed by atoms with Gasteiger partial charge in [0.2, 0.25) is 0 Å². The number of amides is 1. The summed E-state index contributed by atoms with van der Waals surface area (Å²) in [6, 6.07) is 14.8. The van der Waals surface area contributed by atoms with Crippen molar-refractivity contribution in [1.29, 1.82) is 0 Å². The fourth-order valence-corrected chi connectivity index (χ4v) is 4.74. The Hall–Kier alpha value is -3.25. The summed E-state index contributed by atoms with van der Waals surface area (Å²) in [4.78, 5) is 19.7. The van der Waals surface area contributed by atoms with Crippen molar-refractivity contribution in [2.24, 2.45) is 0 Å². The monoisotopic (exact) mass is 461 g/mol. The van der Waals surface area contributed by atoms with Gasteiger partial charge in [0.05, 0.1) is 12.2 Å². The van der Waals surface area contributed by atoms with Crippen LogP contribution in [0.3, 0.4) is 0 Å². The van der Waals surface area contributed by atoms with E-state index in [-0.39, 0.29) is 23.9 Å². The minimum absolute atomic E-state index is 0.151. The molecule has 1 amide bonds. The highest BCUT2D eigenvalue weighted by Crippen LogP contribution is 2.30. The molecule has 0 spiro atoms. The predicted octanol–water partition coefficient (Wildman–Crippen LogP) is 5.36. The Balaban J connectivity index is 1.67. The van der Waals surface area contributed by atoms with Crippen LogP contribution in [0.15, 0.2) is 48.5 Å². The first-order chi connectivity index (χ1) is 16.2. The van der Waals surface area contributed by atoms with Crippen LogP contribution in [-0.4, -0.2) is 36.2 Å². The van der Waals surface area contributed by atoms with Gasteiger partial charge < -0.3 is 15.0 Å². The Morgan fingerprint density at radius 2 is 1.71 bits per heavy atom. The van der Waals surface area contributed by atoms with Crippen molar-refractivity contribution in [1.82, 2.24) is 10.3 Å². The first-order valence-electron chi connectivity index (χ1n) is 11.7. The Labute approximate surface area is 201 Å². The van der Waals surface area contributed by atoms with Gasteiger partial charge in [0.25, 0.3) is 5.91 Å². The zero-order valence-electron chi connectivity index (χ0n) is 20.5. The summed E-state index contributed by atoms with van der Waals surface area (Å²) in [5.41, 5.74) is 7.25.